The Morgan fingerprint density at radius 2 is 1.56 bits per heavy atom. The predicted molar refractivity (Wildman–Crippen MR) is 60.8 cm³/mol. The molecule has 4 heteroatoms. The fourth-order valence-corrected chi connectivity index (χ4v) is 1.31. The van der Waals surface area contributed by atoms with Gasteiger partial charge < -0.3 is 9.47 Å². The van der Waals surface area contributed by atoms with Crippen molar-refractivity contribution in [3.05, 3.63) is 0 Å². The SMILES string of the molecule is CCCOC(=O)C(C(=O)OCC)C(C)(C)C. The molecule has 0 aromatic carbocycles. The molecule has 0 fully saturated rings. The molecule has 1 atom stereocenters. The third-order valence-corrected chi connectivity index (χ3v) is 2.07. The van der Waals surface area contributed by atoms with Gasteiger partial charge in [0.1, 0.15) is 0 Å². The fourth-order valence-electron chi connectivity index (χ4n) is 1.31. The molecular weight excluding hydrogens is 208 g/mol. The van der Waals surface area contributed by atoms with Crippen LogP contribution in [0.25, 0.3) is 0 Å². The Hall–Kier alpha value is -1.06. The summed E-state index contributed by atoms with van der Waals surface area (Å²) < 4.78 is 9.90. The van der Waals surface area contributed by atoms with Gasteiger partial charge in [-0.05, 0) is 18.8 Å². The first kappa shape index (κ1) is 14.9. The molecule has 0 N–H and O–H groups in total. The average molecular weight is 230 g/mol. The van der Waals surface area contributed by atoms with E-state index in [4.69, 9.17) is 9.47 Å². The molecule has 0 radical (unpaired) electrons. The van der Waals surface area contributed by atoms with Gasteiger partial charge in [-0.25, -0.2) is 0 Å². The molecule has 0 aromatic rings. The Bertz CT molecular complexity index is 240. The van der Waals surface area contributed by atoms with Crippen LogP contribution in [0, 0.1) is 11.3 Å². The van der Waals surface area contributed by atoms with Crippen molar-refractivity contribution in [2.75, 3.05) is 13.2 Å². The van der Waals surface area contributed by atoms with Gasteiger partial charge in [-0.2, -0.15) is 0 Å². The standard InChI is InChI=1S/C12H22O4/c1-6-8-16-11(14)9(12(3,4)5)10(13)15-7-2/h9H,6-8H2,1-5H3. The molecule has 0 aliphatic carbocycles. The van der Waals surface area contributed by atoms with E-state index in [2.05, 4.69) is 0 Å². The lowest BCUT2D eigenvalue weighted by Crippen LogP contribution is -2.38. The minimum atomic E-state index is -0.848. The molecule has 0 aliphatic rings. The summed E-state index contributed by atoms with van der Waals surface area (Å²) in [6.07, 6.45) is 0.741. The van der Waals surface area contributed by atoms with Crippen LogP contribution in [-0.4, -0.2) is 25.2 Å². The number of hydrogen-bond donors (Lipinski definition) is 0. The van der Waals surface area contributed by atoms with Gasteiger partial charge in [-0.15, -0.1) is 0 Å². The minimum absolute atomic E-state index is 0.270. The highest BCUT2D eigenvalue weighted by atomic mass is 16.6. The Kier molecular flexibility index (Phi) is 6.08. The Morgan fingerprint density at radius 1 is 1.06 bits per heavy atom. The Balaban J connectivity index is 4.68. The molecule has 0 bridgehead atoms. The largest absolute Gasteiger partial charge is 0.465 e. The fraction of sp³-hybridized carbons (Fsp3) is 0.833. The van der Waals surface area contributed by atoms with Crippen molar-refractivity contribution in [2.45, 2.75) is 41.0 Å². The normalized spacial score (nSPS) is 13.1. The summed E-state index contributed by atoms with van der Waals surface area (Å²) in [6.45, 7) is 9.70. The Morgan fingerprint density at radius 3 is 1.94 bits per heavy atom. The van der Waals surface area contributed by atoms with Crippen LogP contribution < -0.4 is 0 Å². The molecule has 94 valence electrons. The van der Waals surface area contributed by atoms with Gasteiger partial charge in [0.05, 0.1) is 13.2 Å². The van der Waals surface area contributed by atoms with E-state index in [1.54, 1.807) is 6.92 Å². The van der Waals surface area contributed by atoms with Crippen LogP contribution in [0.3, 0.4) is 0 Å². The van der Waals surface area contributed by atoms with Crippen LogP contribution in [-0.2, 0) is 19.1 Å². The monoisotopic (exact) mass is 230 g/mol. The minimum Gasteiger partial charge on any atom is -0.465 e. The van der Waals surface area contributed by atoms with Gasteiger partial charge in [0.2, 0.25) is 0 Å². The van der Waals surface area contributed by atoms with E-state index in [1.165, 1.54) is 0 Å². The molecule has 4 nitrogen and oxygen atoms in total. The highest BCUT2D eigenvalue weighted by molar-refractivity contribution is 5.95. The second-order valence-electron chi connectivity index (χ2n) is 4.72. The van der Waals surface area contributed by atoms with Crippen molar-refractivity contribution in [2.24, 2.45) is 11.3 Å². The lowest BCUT2D eigenvalue weighted by molar-refractivity contribution is -0.167. The predicted octanol–water partition coefficient (Wildman–Crippen LogP) is 2.17. The first-order chi connectivity index (χ1) is 7.34. The van der Waals surface area contributed by atoms with Crippen LogP contribution in [0.4, 0.5) is 0 Å². The van der Waals surface area contributed by atoms with Gasteiger partial charge in [0, 0.05) is 0 Å². The van der Waals surface area contributed by atoms with Crippen LogP contribution in [0.15, 0.2) is 0 Å². The Labute approximate surface area is 97.3 Å². The van der Waals surface area contributed by atoms with Gasteiger partial charge in [0.25, 0.3) is 0 Å². The second kappa shape index (κ2) is 6.51. The van der Waals surface area contributed by atoms with Gasteiger partial charge in [-0.3, -0.25) is 9.59 Å². The molecule has 16 heavy (non-hydrogen) atoms. The lowest BCUT2D eigenvalue weighted by atomic mass is 9.81. The number of hydrogen-bond acceptors (Lipinski definition) is 4. The molecule has 0 aliphatic heterocycles. The van der Waals surface area contributed by atoms with E-state index in [9.17, 15) is 9.59 Å². The number of rotatable bonds is 5. The summed E-state index contributed by atoms with van der Waals surface area (Å²) in [4.78, 5) is 23.4. The molecule has 0 heterocycles. The van der Waals surface area contributed by atoms with E-state index in [0.29, 0.717) is 6.61 Å². The van der Waals surface area contributed by atoms with E-state index < -0.39 is 23.3 Å². The van der Waals surface area contributed by atoms with Crippen molar-refractivity contribution in [3.8, 4) is 0 Å². The zero-order valence-electron chi connectivity index (χ0n) is 10.8. The smallest absolute Gasteiger partial charge is 0.320 e. The van der Waals surface area contributed by atoms with Crippen molar-refractivity contribution in [3.63, 3.8) is 0 Å². The molecule has 0 amide bonds. The molecule has 0 rings (SSSR count). The first-order valence-electron chi connectivity index (χ1n) is 5.67. The summed E-state index contributed by atoms with van der Waals surface area (Å²) in [5, 5.41) is 0. The zero-order chi connectivity index (χ0) is 12.8. The third kappa shape index (κ3) is 4.64. The van der Waals surface area contributed by atoms with Crippen molar-refractivity contribution in [1.82, 2.24) is 0 Å². The summed E-state index contributed by atoms with van der Waals surface area (Å²) in [5.74, 6) is -1.84. The van der Waals surface area contributed by atoms with Crippen LogP contribution in [0.5, 0.6) is 0 Å². The number of ether oxygens (including phenoxy) is 2. The van der Waals surface area contributed by atoms with E-state index in [1.807, 2.05) is 27.7 Å². The molecule has 0 saturated carbocycles. The number of esters is 2. The summed E-state index contributed by atoms with van der Waals surface area (Å²) in [6, 6.07) is 0. The van der Waals surface area contributed by atoms with Crippen LogP contribution >= 0.6 is 0 Å². The van der Waals surface area contributed by atoms with E-state index in [-0.39, 0.29) is 6.61 Å². The van der Waals surface area contributed by atoms with Crippen molar-refractivity contribution < 1.29 is 19.1 Å². The quantitative estimate of drug-likeness (QED) is 0.536. The van der Waals surface area contributed by atoms with Crippen LogP contribution in [0.1, 0.15) is 41.0 Å². The van der Waals surface area contributed by atoms with Gasteiger partial charge >= 0.3 is 11.9 Å². The summed E-state index contributed by atoms with van der Waals surface area (Å²) in [7, 11) is 0. The summed E-state index contributed by atoms with van der Waals surface area (Å²) >= 11 is 0. The van der Waals surface area contributed by atoms with E-state index >= 15 is 0 Å². The second-order valence-corrected chi connectivity index (χ2v) is 4.72. The van der Waals surface area contributed by atoms with Crippen molar-refractivity contribution in [1.29, 1.82) is 0 Å². The molecule has 0 saturated heterocycles. The molecule has 0 aromatic heterocycles. The summed E-state index contributed by atoms with van der Waals surface area (Å²) in [5.41, 5.74) is -0.489. The molecule has 1 unspecified atom stereocenters. The lowest BCUT2D eigenvalue weighted by Gasteiger charge is -2.26. The van der Waals surface area contributed by atoms with Gasteiger partial charge in [0.15, 0.2) is 5.92 Å². The zero-order valence-corrected chi connectivity index (χ0v) is 10.8. The first-order valence-corrected chi connectivity index (χ1v) is 5.67. The molecular formula is C12H22O4. The average Bonchev–Trinajstić information content (AvgIpc) is 2.13. The maximum Gasteiger partial charge on any atom is 0.320 e. The topological polar surface area (TPSA) is 52.6 Å². The number of carbonyl (C=O) groups is 2. The number of carbonyl (C=O) groups excluding carboxylic acids is 2. The van der Waals surface area contributed by atoms with E-state index in [0.717, 1.165) is 6.42 Å². The van der Waals surface area contributed by atoms with Gasteiger partial charge in [-0.1, -0.05) is 27.7 Å². The maximum atomic E-state index is 11.7. The third-order valence-electron chi connectivity index (χ3n) is 2.07. The highest BCUT2D eigenvalue weighted by Gasteiger charge is 2.40. The van der Waals surface area contributed by atoms with Crippen LogP contribution in [0.2, 0.25) is 0 Å². The maximum absolute atomic E-state index is 11.7. The van der Waals surface area contributed by atoms with Crippen molar-refractivity contribution >= 4 is 11.9 Å². The highest BCUT2D eigenvalue weighted by Crippen LogP contribution is 2.28. The molecule has 0 spiro atoms.